The maximum Gasteiger partial charge on any atom is 1.00 e. The van der Waals surface area contributed by atoms with Gasteiger partial charge in [0.2, 0.25) is 0 Å². The predicted molar refractivity (Wildman–Crippen MR) is 182 cm³/mol. The number of hydrogen-bond acceptors (Lipinski definition) is 12. The van der Waals surface area contributed by atoms with Crippen LogP contribution < -0.4 is 70.6 Å². The maximum atomic E-state index is 11.6. The first-order valence-electron chi connectivity index (χ1n) is 14.3. The maximum absolute atomic E-state index is 11.6. The molecule has 0 aromatic heterocycles. The molecule has 0 heterocycles. The van der Waals surface area contributed by atoms with Gasteiger partial charge in [-0.2, -0.15) is 10.2 Å². The molecule has 0 amide bonds. The summed E-state index contributed by atoms with van der Waals surface area (Å²) in [5, 5.41) is 19.5. The van der Waals surface area contributed by atoms with Crippen LogP contribution in [0, 0.1) is 13.8 Å². The first-order valence-corrected chi connectivity index (χ1v) is 17.1. The van der Waals surface area contributed by atoms with Crippen molar-refractivity contribution in [2.24, 2.45) is 20.5 Å². The molecule has 6 aromatic rings. The summed E-state index contributed by atoms with van der Waals surface area (Å²) >= 11 is 0. The molecule has 0 fully saturated rings. The molecule has 242 valence electrons. The SMILES string of the molecule is Cc1cc(-c2ccc(N=Nc3c(N)ccc4ccc(S(=O)(=O)[O-])cc34)c(C)c2)ccc1N=Nc1c(N)ccc2ccc(S(=O)(=O)[O-])cc12.[Na+].[Na+]. The molecule has 0 bridgehead atoms. The van der Waals surface area contributed by atoms with Crippen molar-refractivity contribution in [2.45, 2.75) is 23.6 Å². The molecular weight excluding hydrogens is 699 g/mol. The average Bonchev–Trinajstić information content (AvgIpc) is 3.03. The van der Waals surface area contributed by atoms with Crippen LogP contribution in [0.1, 0.15) is 11.1 Å². The van der Waals surface area contributed by atoms with Crippen LogP contribution in [0.5, 0.6) is 0 Å². The molecule has 0 radical (unpaired) electrons. The molecular formula is C34H26N6Na2O6S2. The van der Waals surface area contributed by atoms with E-state index >= 15 is 0 Å². The van der Waals surface area contributed by atoms with Crippen LogP contribution in [0.4, 0.5) is 34.1 Å². The monoisotopic (exact) mass is 724 g/mol. The number of anilines is 2. The van der Waals surface area contributed by atoms with E-state index in [1.165, 1.54) is 36.4 Å². The van der Waals surface area contributed by atoms with E-state index in [1.54, 1.807) is 36.4 Å². The second kappa shape index (κ2) is 15.4. The topological polar surface area (TPSA) is 216 Å². The Kier molecular flexibility index (Phi) is 12.1. The Morgan fingerprint density at radius 1 is 0.500 bits per heavy atom. The van der Waals surface area contributed by atoms with Gasteiger partial charge in [0.05, 0.1) is 32.5 Å². The van der Waals surface area contributed by atoms with Crippen molar-refractivity contribution in [2.75, 3.05) is 11.5 Å². The summed E-state index contributed by atoms with van der Waals surface area (Å²) in [5.41, 5.74) is 17.9. The van der Waals surface area contributed by atoms with E-state index in [-0.39, 0.29) is 91.7 Å². The van der Waals surface area contributed by atoms with Crippen LogP contribution in [0.3, 0.4) is 0 Å². The van der Waals surface area contributed by atoms with Gasteiger partial charge >= 0.3 is 59.1 Å². The van der Waals surface area contributed by atoms with Gasteiger partial charge in [-0.3, -0.25) is 0 Å². The first-order chi connectivity index (χ1) is 22.7. The quantitative estimate of drug-likeness (QED) is 0.107. The van der Waals surface area contributed by atoms with E-state index in [9.17, 15) is 25.9 Å². The summed E-state index contributed by atoms with van der Waals surface area (Å²) < 4.78 is 69.5. The van der Waals surface area contributed by atoms with Crippen LogP contribution in [0.2, 0.25) is 0 Å². The standard InChI is InChI=1S/C34H28N6O6S2.2Na/c1-19-15-23(7-13-31(19)37-39-33-27-17-25(47(41,42)43)9-3-21(27)5-11-29(33)35)24-8-14-32(20(2)16-24)38-40-34-28-18-26(48(44,45)46)10-4-22(28)6-12-30(34)36;;/h3-18H,35-36H2,1-2H3,(H,41,42,43)(H,44,45,46);;/q;2*+1/p-2. The minimum Gasteiger partial charge on any atom is -0.744 e. The molecule has 0 saturated heterocycles. The average molecular weight is 725 g/mol. The Morgan fingerprint density at radius 2 is 0.860 bits per heavy atom. The molecule has 0 spiro atoms. The third kappa shape index (κ3) is 8.32. The van der Waals surface area contributed by atoms with Crippen molar-refractivity contribution in [3.05, 3.63) is 108 Å². The second-order valence-electron chi connectivity index (χ2n) is 11.1. The number of hydrogen-bond donors (Lipinski definition) is 2. The summed E-state index contributed by atoms with van der Waals surface area (Å²) in [4.78, 5) is -0.768. The molecule has 0 aliphatic carbocycles. The first kappa shape index (κ1) is 39.2. The van der Waals surface area contributed by atoms with Crippen LogP contribution in [0.25, 0.3) is 32.7 Å². The largest absolute Gasteiger partial charge is 1.00 e. The van der Waals surface area contributed by atoms with E-state index in [0.717, 1.165) is 22.3 Å². The molecule has 16 heteroatoms. The predicted octanol–water partition coefficient (Wildman–Crippen LogP) is 2.09. The smallest absolute Gasteiger partial charge is 0.744 e. The third-order valence-corrected chi connectivity index (χ3v) is 9.47. The Hall–Kier alpha value is -3.54. The normalized spacial score (nSPS) is 12.0. The van der Waals surface area contributed by atoms with Gasteiger partial charge in [-0.25, -0.2) is 16.8 Å². The molecule has 6 rings (SSSR count). The van der Waals surface area contributed by atoms with Crippen molar-refractivity contribution in [3.8, 4) is 11.1 Å². The van der Waals surface area contributed by atoms with E-state index in [1.807, 2.05) is 38.1 Å². The fourth-order valence-electron chi connectivity index (χ4n) is 5.24. The van der Waals surface area contributed by atoms with E-state index < -0.39 is 20.2 Å². The molecule has 0 aliphatic heterocycles. The van der Waals surface area contributed by atoms with Gasteiger partial charge in [0.15, 0.2) is 0 Å². The number of rotatable bonds is 7. The summed E-state index contributed by atoms with van der Waals surface area (Å²) in [7, 11) is -9.35. The second-order valence-corrected chi connectivity index (χ2v) is 13.8. The summed E-state index contributed by atoms with van der Waals surface area (Å²) in [6.45, 7) is 3.75. The molecule has 6 aromatic carbocycles. The van der Waals surface area contributed by atoms with Crippen LogP contribution in [0.15, 0.2) is 127 Å². The minimum absolute atomic E-state index is 0. The third-order valence-electron chi connectivity index (χ3n) is 7.81. The molecule has 0 atom stereocenters. The summed E-state index contributed by atoms with van der Waals surface area (Å²) in [6, 6.07) is 25.9. The van der Waals surface area contributed by atoms with Gasteiger partial charge in [0.1, 0.15) is 31.6 Å². The zero-order valence-electron chi connectivity index (χ0n) is 27.4. The molecule has 0 saturated carbocycles. The van der Waals surface area contributed by atoms with Crippen molar-refractivity contribution in [1.82, 2.24) is 0 Å². The Balaban J connectivity index is 0.00000281. The summed E-state index contributed by atoms with van der Waals surface area (Å²) in [6.07, 6.45) is 0. The van der Waals surface area contributed by atoms with Crippen LogP contribution in [-0.2, 0) is 20.2 Å². The molecule has 4 N–H and O–H groups in total. The van der Waals surface area contributed by atoms with E-state index in [4.69, 9.17) is 11.5 Å². The van der Waals surface area contributed by atoms with Crippen molar-refractivity contribution < 1.29 is 85.1 Å². The van der Waals surface area contributed by atoms with Crippen molar-refractivity contribution in [1.29, 1.82) is 0 Å². The Bertz CT molecular complexity index is 2400. The van der Waals surface area contributed by atoms with Gasteiger partial charge in [0, 0.05) is 10.8 Å². The van der Waals surface area contributed by atoms with E-state index in [2.05, 4.69) is 20.5 Å². The van der Waals surface area contributed by atoms with Gasteiger partial charge in [-0.1, -0.05) is 36.4 Å². The summed E-state index contributed by atoms with van der Waals surface area (Å²) in [5.74, 6) is 0. The number of benzene rings is 6. The molecule has 12 nitrogen and oxygen atoms in total. The van der Waals surface area contributed by atoms with Crippen molar-refractivity contribution in [3.63, 3.8) is 0 Å². The van der Waals surface area contributed by atoms with Crippen LogP contribution in [-0.4, -0.2) is 25.9 Å². The van der Waals surface area contributed by atoms with E-state index in [0.29, 0.717) is 32.9 Å². The Morgan fingerprint density at radius 3 is 1.20 bits per heavy atom. The van der Waals surface area contributed by atoms with Gasteiger partial charge in [-0.05, 0) is 108 Å². The zero-order chi connectivity index (χ0) is 34.4. The fourth-order valence-corrected chi connectivity index (χ4v) is 6.23. The number of nitrogens with two attached hydrogens (primary N) is 2. The minimum atomic E-state index is -4.67. The number of nitrogen functional groups attached to an aromatic ring is 2. The number of fused-ring (bicyclic) bond motifs is 2. The molecule has 0 unspecified atom stereocenters. The van der Waals surface area contributed by atoms with Gasteiger partial charge in [0.25, 0.3) is 0 Å². The van der Waals surface area contributed by atoms with Gasteiger partial charge in [-0.15, -0.1) is 10.2 Å². The number of azo groups is 2. The molecule has 50 heavy (non-hydrogen) atoms. The fraction of sp³-hybridized carbons (Fsp3) is 0.0588. The van der Waals surface area contributed by atoms with Crippen molar-refractivity contribution >= 4 is 75.9 Å². The molecule has 0 aliphatic rings. The zero-order valence-corrected chi connectivity index (χ0v) is 33.1. The Labute approximate surface area is 332 Å². The van der Waals surface area contributed by atoms with Gasteiger partial charge < -0.3 is 20.6 Å². The van der Waals surface area contributed by atoms with Crippen LogP contribution >= 0.6 is 0 Å². The number of aryl methyl sites for hydroxylation is 2. The number of nitrogens with zero attached hydrogens (tertiary/aromatic N) is 4.